The molecular formula is C21H19N3OS. The van der Waals surface area contributed by atoms with E-state index in [-0.39, 0.29) is 5.76 Å². The van der Waals surface area contributed by atoms with Gasteiger partial charge in [0.25, 0.3) is 0 Å². The van der Waals surface area contributed by atoms with E-state index in [4.69, 9.17) is 5.41 Å². The van der Waals surface area contributed by atoms with Crippen molar-refractivity contribution in [3.63, 3.8) is 0 Å². The van der Waals surface area contributed by atoms with Crippen LogP contribution < -0.4 is 4.90 Å². The van der Waals surface area contributed by atoms with Gasteiger partial charge in [-0.1, -0.05) is 36.4 Å². The number of aliphatic hydroxyl groups excluding tert-OH is 1. The summed E-state index contributed by atoms with van der Waals surface area (Å²) in [5.41, 5.74) is 5.63. The van der Waals surface area contributed by atoms with Crippen LogP contribution in [0.3, 0.4) is 0 Å². The molecule has 1 aromatic heterocycles. The molecule has 0 unspecified atom stereocenters. The molecule has 0 bridgehead atoms. The zero-order valence-electron chi connectivity index (χ0n) is 14.7. The van der Waals surface area contributed by atoms with E-state index in [0.717, 1.165) is 28.1 Å². The molecule has 2 heterocycles. The van der Waals surface area contributed by atoms with E-state index in [0.29, 0.717) is 23.0 Å². The number of hydrogen-bond donors (Lipinski definition) is 2. The van der Waals surface area contributed by atoms with Crippen LogP contribution in [0.15, 0.2) is 59.7 Å². The maximum Gasteiger partial charge on any atom is 0.139 e. The maximum atomic E-state index is 10.5. The summed E-state index contributed by atoms with van der Waals surface area (Å²) in [6, 6.07) is 16.1. The summed E-state index contributed by atoms with van der Waals surface area (Å²) >= 11 is 1.46. The molecule has 4 nitrogen and oxygen atoms in total. The van der Waals surface area contributed by atoms with Crippen LogP contribution in [0.2, 0.25) is 0 Å². The molecule has 0 saturated carbocycles. The zero-order valence-corrected chi connectivity index (χ0v) is 15.5. The zero-order chi connectivity index (χ0) is 18.3. The largest absolute Gasteiger partial charge is 0.510 e. The van der Waals surface area contributed by atoms with Crippen LogP contribution in [-0.4, -0.2) is 22.5 Å². The van der Waals surface area contributed by atoms with Crippen molar-refractivity contribution in [3.05, 3.63) is 75.8 Å². The van der Waals surface area contributed by atoms with Gasteiger partial charge in [0.2, 0.25) is 0 Å². The van der Waals surface area contributed by atoms with Crippen molar-refractivity contribution in [1.29, 1.82) is 5.41 Å². The molecule has 0 spiro atoms. The summed E-state index contributed by atoms with van der Waals surface area (Å²) in [5, 5.41) is 21.8. The van der Waals surface area contributed by atoms with Crippen molar-refractivity contribution < 1.29 is 5.11 Å². The number of thiazole rings is 1. The average Bonchev–Trinajstić information content (AvgIpc) is 3.19. The Morgan fingerprint density at radius 2 is 1.77 bits per heavy atom. The fourth-order valence-electron chi connectivity index (χ4n) is 3.26. The highest BCUT2D eigenvalue weighted by Gasteiger charge is 2.31. The van der Waals surface area contributed by atoms with Crippen LogP contribution >= 0.6 is 11.3 Å². The number of benzene rings is 2. The molecule has 0 amide bonds. The van der Waals surface area contributed by atoms with Crippen molar-refractivity contribution in [3.8, 4) is 11.3 Å². The Balaban J connectivity index is 1.67. The van der Waals surface area contributed by atoms with Crippen molar-refractivity contribution in [2.75, 3.05) is 11.4 Å². The van der Waals surface area contributed by atoms with Gasteiger partial charge < -0.3 is 10.0 Å². The molecule has 5 heteroatoms. The molecule has 2 N–H and O–H groups in total. The first-order chi connectivity index (χ1) is 12.5. The second-order valence-corrected chi connectivity index (χ2v) is 7.36. The molecule has 1 aliphatic heterocycles. The number of anilines is 1. The van der Waals surface area contributed by atoms with E-state index < -0.39 is 0 Å². The minimum Gasteiger partial charge on any atom is -0.510 e. The number of nitrogens with one attached hydrogen (secondary N) is 1. The molecule has 0 atom stereocenters. The predicted molar refractivity (Wildman–Crippen MR) is 108 cm³/mol. The minimum atomic E-state index is 0.197. The second-order valence-electron chi connectivity index (χ2n) is 6.51. The number of hydrogen-bond acceptors (Lipinski definition) is 4. The van der Waals surface area contributed by atoms with Gasteiger partial charge in [-0.2, -0.15) is 0 Å². The number of aromatic nitrogens is 1. The Labute approximate surface area is 156 Å². The first kappa shape index (κ1) is 16.5. The van der Waals surface area contributed by atoms with Gasteiger partial charge in [0.05, 0.1) is 17.8 Å². The van der Waals surface area contributed by atoms with Crippen LogP contribution in [0, 0.1) is 19.3 Å². The smallest absolute Gasteiger partial charge is 0.139 e. The van der Waals surface area contributed by atoms with E-state index in [2.05, 4.69) is 11.1 Å². The summed E-state index contributed by atoms with van der Waals surface area (Å²) in [7, 11) is 0. The van der Waals surface area contributed by atoms with Crippen molar-refractivity contribution >= 4 is 28.4 Å². The molecule has 0 radical (unpaired) electrons. The summed E-state index contributed by atoms with van der Waals surface area (Å²) in [5.74, 6) is 0.490. The topological polar surface area (TPSA) is 60.2 Å². The van der Waals surface area contributed by atoms with Gasteiger partial charge in [-0.05, 0) is 37.1 Å². The van der Waals surface area contributed by atoms with Crippen molar-refractivity contribution in [1.82, 2.24) is 4.98 Å². The number of rotatable bonds is 3. The van der Waals surface area contributed by atoms with Gasteiger partial charge in [0.1, 0.15) is 16.6 Å². The SMILES string of the molecule is Cc1cc(C)cc(N2CC(O)=C(c3nc(-c4ccccc4)cs3)C2=N)c1. The molecule has 0 aliphatic carbocycles. The third-order valence-corrected chi connectivity index (χ3v) is 5.27. The lowest BCUT2D eigenvalue weighted by molar-refractivity contribution is 0.411. The van der Waals surface area contributed by atoms with Crippen LogP contribution in [0.25, 0.3) is 16.8 Å². The maximum absolute atomic E-state index is 10.5. The van der Waals surface area contributed by atoms with Gasteiger partial charge in [0.15, 0.2) is 0 Å². The monoisotopic (exact) mass is 361 g/mol. The van der Waals surface area contributed by atoms with Crippen molar-refractivity contribution in [2.24, 2.45) is 0 Å². The number of aliphatic hydroxyl groups is 1. The van der Waals surface area contributed by atoms with Gasteiger partial charge in [-0.3, -0.25) is 5.41 Å². The Hall–Kier alpha value is -2.92. The fraction of sp³-hybridized carbons (Fsp3) is 0.143. The highest BCUT2D eigenvalue weighted by molar-refractivity contribution is 7.11. The van der Waals surface area contributed by atoms with Crippen LogP contribution in [-0.2, 0) is 0 Å². The summed E-state index contributed by atoms with van der Waals surface area (Å²) in [6.45, 7) is 4.38. The highest BCUT2D eigenvalue weighted by atomic mass is 32.1. The lowest BCUT2D eigenvalue weighted by Gasteiger charge is -2.19. The molecule has 26 heavy (non-hydrogen) atoms. The third kappa shape index (κ3) is 2.91. The molecule has 2 aromatic carbocycles. The molecule has 3 aromatic rings. The van der Waals surface area contributed by atoms with Gasteiger partial charge >= 0.3 is 0 Å². The fourth-order valence-corrected chi connectivity index (χ4v) is 4.16. The summed E-state index contributed by atoms with van der Waals surface area (Å²) in [4.78, 5) is 6.49. The molecule has 130 valence electrons. The van der Waals surface area contributed by atoms with Gasteiger partial charge in [0, 0.05) is 16.6 Å². The highest BCUT2D eigenvalue weighted by Crippen LogP contribution is 2.34. The average molecular weight is 361 g/mol. The molecule has 1 aliphatic rings. The number of aryl methyl sites for hydroxylation is 2. The Kier molecular flexibility index (Phi) is 4.09. The Morgan fingerprint density at radius 1 is 1.08 bits per heavy atom. The van der Waals surface area contributed by atoms with E-state index in [1.54, 1.807) is 0 Å². The molecular weight excluding hydrogens is 342 g/mol. The Bertz CT molecular complexity index is 1000. The van der Waals surface area contributed by atoms with E-state index in [1.165, 1.54) is 11.3 Å². The molecule has 0 saturated heterocycles. The normalized spacial score (nSPS) is 14.4. The van der Waals surface area contributed by atoms with E-state index in [1.807, 2.05) is 66.6 Å². The van der Waals surface area contributed by atoms with Crippen LogP contribution in [0.4, 0.5) is 5.69 Å². The lowest BCUT2D eigenvalue weighted by atomic mass is 10.1. The van der Waals surface area contributed by atoms with Crippen molar-refractivity contribution in [2.45, 2.75) is 13.8 Å². The summed E-state index contributed by atoms with van der Waals surface area (Å²) < 4.78 is 0. The Morgan fingerprint density at radius 3 is 2.46 bits per heavy atom. The number of nitrogens with zero attached hydrogens (tertiary/aromatic N) is 2. The molecule has 0 fully saturated rings. The third-order valence-electron chi connectivity index (χ3n) is 4.41. The lowest BCUT2D eigenvalue weighted by Crippen LogP contribution is -2.26. The second kappa shape index (κ2) is 6.42. The van der Waals surface area contributed by atoms with Crippen LogP contribution in [0.5, 0.6) is 0 Å². The minimum absolute atomic E-state index is 0.197. The first-order valence-corrected chi connectivity index (χ1v) is 9.29. The van der Waals surface area contributed by atoms with E-state index >= 15 is 0 Å². The molecule has 4 rings (SSSR count). The van der Waals surface area contributed by atoms with Gasteiger partial charge in [-0.15, -0.1) is 11.3 Å². The quantitative estimate of drug-likeness (QED) is 0.674. The number of amidine groups is 1. The predicted octanol–water partition coefficient (Wildman–Crippen LogP) is 5.19. The van der Waals surface area contributed by atoms with Gasteiger partial charge in [-0.25, -0.2) is 4.98 Å². The van der Waals surface area contributed by atoms with E-state index in [9.17, 15) is 5.11 Å². The van der Waals surface area contributed by atoms with Crippen LogP contribution in [0.1, 0.15) is 16.1 Å². The summed E-state index contributed by atoms with van der Waals surface area (Å²) in [6.07, 6.45) is 0. The first-order valence-electron chi connectivity index (χ1n) is 8.41. The standard InChI is InChI=1S/C21H19N3OS/c1-13-8-14(2)10-16(9-13)24-11-18(25)19(20(24)22)21-23-17(12-26-21)15-6-4-3-5-7-15/h3-10,12,22,25H,11H2,1-2H3.